The molecule has 1 aliphatic carbocycles. The van der Waals surface area contributed by atoms with Crippen LogP contribution in [0.1, 0.15) is 38.5 Å². The molecular formula is C18H26N4O3. The van der Waals surface area contributed by atoms with E-state index in [-0.39, 0.29) is 18.0 Å². The molecule has 0 bridgehead atoms. The summed E-state index contributed by atoms with van der Waals surface area (Å²) in [4.78, 5) is 24.2. The average molecular weight is 346 g/mol. The second-order valence-electron chi connectivity index (χ2n) is 6.86. The van der Waals surface area contributed by atoms with Crippen LogP contribution < -0.4 is 21.7 Å². The molecule has 1 saturated carbocycles. The minimum atomic E-state index is -0.751. The van der Waals surface area contributed by atoms with Crippen LogP contribution >= 0.6 is 0 Å². The van der Waals surface area contributed by atoms with Crippen molar-refractivity contribution in [1.29, 1.82) is 0 Å². The largest absolute Gasteiger partial charge is 0.376 e. The maximum Gasteiger partial charge on any atom is 0.319 e. The number of ether oxygens (including phenoxy) is 1. The Bertz CT molecular complexity index is 605. The van der Waals surface area contributed by atoms with Gasteiger partial charge in [0, 0.05) is 24.5 Å². The van der Waals surface area contributed by atoms with Crippen molar-refractivity contribution in [3.05, 3.63) is 24.3 Å². The highest BCUT2D eigenvalue weighted by Gasteiger charge is 2.36. The Hall–Kier alpha value is -2.12. The topological polar surface area (TPSA) is 105 Å². The van der Waals surface area contributed by atoms with E-state index in [0.29, 0.717) is 17.9 Å². The fourth-order valence-corrected chi connectivity index (χ4v) is 3.31. The molecule has 136 valence electrons. The van der Waals surface area contributed by atoms with Gasteiger partial charge in [-0.1, -0.05) is 12.8 Å². The van der Waals surface area contributed by atoms with Crippen LogP contribution in [0.15, 0.2) is 24.3 Å². The number of amides is 3. The normalized spacial score (nSPS) is 21.7. The molecule has 25 heavy (non-hydrogen) atoms. The van der Waals surface area contributed by atoms with Gasteiger partial charge in [-0.2, -0.15) is 0 Å². The Labute approximate surface area is 147 Å². The monoisotopic (exact) mass is 346 g/mol. The minimum absolute atomic E-state index is 0.113. The Morgan fingerprint density at radius 3 is 2.32 bits per heavy atom. The molecule has 0 aromatic heterocycles. The van der Waals surface area contributed by atoms with Gasteiger partial charge in [0.05, 0.1) is 11.6 Å². The van der Waals surface area contributed by atoms with E-state index in [1.165, 1.54) is 0 Å². The summed E-state index contributed by atoms with van der Waals surface area (Å²) in [5, 5.41) is 8.42. The summed E-state index contributed by atoms with van der Waals surface area (Å²) in [7, 11) is 0. The van der Waals surface area contributed by atoms with Gasteiger partial charge in [-0.3, -0.25) is 4.79 Å². The number of carbonyl (C=O) groups is 2. The molecule has 2 aliphatic rings. The molecule has 7 heteroatoms. The first-order chi connectivity index (χ1) is 12.0. The lowest BCUT2D eigenvalue weighted by atomic mass is 9.98. The van der Waals surface area contributed by atoms with Gasteiger partial charge in [-0.25, -0.2) is 4.79 Å². The summed E-state index contributed by atoms with van der Waals surface area (Å²) in [5.74, 6) is -0.139. The van der Waals surface area contributed by atoms with E-state index in [1.54, 1.807) is 24.3 Å². The Morgan fingerprint density at radius 1 is 1.08 bits per heavy atom. The number of urea groups is 1. The quantitative estimate of drug-likeness (QED) is 0.656. The third-order valence-corrected chi connectivity index (χ3v) is 4.86. The maximum absolute atomic E-state index is 12.3. The lowest BCUT2D eigenvalue weighted by molar-refractivity contribution is -0.121. The Balaban J connectivity index is 1.46. The van der Waals surface area contributed by atoms with Crippen LogP contribution in [0.4, 0.5) is 16.2 Å². The zero-order valence-electron chi connectivity index (χ0n) is 14.3. The predicted octanol–water partition coefficient (Wildman–Crippen LogP) is 2.20. The fourth-order valence-electron chi connectivity index (χ4n) is 3.31. The lowest BCUT2D eigenvalue weighted by Crippen LogP contribution is -2.48. The smallest absolute Gasteiger partial charge is 0.319 e. The minimum Gasteiger partial charge on any atom is -0.376 e. The summed E-state index contributed by atoms with van der Waals surface area (Å²) in [6, 6.07) is 6.75. The number of nitrogens with two attached hydrogens (primary N) is 1. The van der Waals surface area contributed by atoms with E-state index < -0.39 is 5.54 Å². The summed E-state index contributed by atoms with van der Waals surface area (Å²) < 4.78 is 5.46. The van der Waals surface area contributed by atoms with Crippen LogP contribution in [-0.2, 0) is 9.53 Å². The van der Waals surface area contributed by atoms with Gasteiger partial charge in [0.1, 0.15) is 0 Å². The molecule has 0 radical (unpaired) electrons. The number of nitrogens with one attached hydrogen (secondary N) is 3. The van der Waals surface area contributed by atoms with Crippen molar-refractivity contribution in [2.24, 2.45) is 5.73 Å². The molecule has 3 rings (SSSR count). The highest BCUT2D eigenvalue weighted by atomic mass is 16.5. The molecule has 1 aromatic carbocycles. The molecule has 1 aliphatic heterocycles. The van der Waals surface area contributed by atoms with Crippen LogP contribution in [0.2, 0.25) is 0 Å². The zero-order valence-corrected chi connectivity index (χ0v) is 14.3. The van der Waals surface area contributed by atoms with Crippen molar-refractivity contribution in [2.75, 3.05) is 23.8 Å². The summed E-state index contributed by atoms with van der Waals surface area (Å²) in [5.41, 5.74) is 6.72. The van der Waals surface area contributed by atoms with E-state index in [4.69, 9.17) is 10.5 Å². The van der Waals surface area contributed by atoms with E-state index in [0.717, 1.165) is 45.1 Å². The van der Waals surface area contributed by atoms with E-state index in [9.17, 15) is 9.59 Å². The van der Waals surface area contributed by atoms with Gasteiger partial charge >= 0.3 is 6.03 Å². The standard InChI is InChI=1S/C18H26N4O3/c19-18(9-1-2-10-18)16(23)21-13-5-7-14(8-6-13)22-17(24)20-12-15-4-3-11-25-15/h5-8,15H,1-4,9-12,19H2,(H,21,23)(H2,20,22,24). The molecule has 1 heterocycles. The molecule has 2 fully saturated rings. The van der Waals surface area contributed by atoms with Crippen molar-refractivity contribution >= 4 is 23.3 Å². The van der Waals surface area contributed by atoms with E-state index in [1.807, 2.05) is 0 Å². The average Bonchev–Trinajstić information content (AvgIpc) is 3.27. The third kappa shape index (κ3) is 4.70. The first kappa shape index (κ1) is 17.7. The van der Waals surface area contributed by atoms with Crippen LogP contribution in [0, 0.1) is 0 Å². The van der Waals surface area contributed by atoms with E-state index >= 15 is 0 Å². The summed E-state index contributed by atoms with van der Waals surface area (Å²) in [6.07, 6.45) is 5.58. The van der Waals surface area contributed by atoms with Crippen LogP contribution in [0.25, 0.3) is 0 Å². The van der Waals surface area contributed by atoms with Gasteiger partial charge < -0.3 is 26.4 Å². The molecule has 3 amide bonds. The number of anilines is 2. The van der Waals surface area contributed by atoms with Crippen LogP contribution in [-0.4, -0.2) is 36.7 Å². The molecule has 5 N–H and O–H groups in total. The van der Waals surface area contributed by atoms with Crippen molar-refractivity contribution in [2.45, 2.75) is 50.2 Å². The second-order valence-corrected chi connectivity index (χ2v) is 6.86. The predicted molar refractivity (Wildman–Crippen MR) is 96.5 cm³/mol. The van der Waals surface area contributed by atoms with Gasteiger partial charge in [0.2, 0.25) is 5.91 Å². The van der Waals surface area contributed by atoms with Crippen LogP contribution in [0.5, 0.6) is 0 Å². The fraction of sp³-hybridized carbons (Fsp3) is 0.556. The van der Waals surface area contributed by atoms with Gasteiger partial charge in [0.25, 0.3) is 0 Å². The molecule has 1 unspecified atom stereocenters. The van der Waals surface area contributed by atoms with Crippen molar-refractivity contribution < 1.29 is 14.3 Å². The third-order valence-electron chi connectivity index (χ3n) is 4.86. The van der Waals surface area contributed by atoms with Gasteiger partial charge in [0.15, 0.2) is 0 Å². The molecule has 7 nitrogen and oxygen atoms in total. The van der Waals surface area contributed by atoms with Gasteiger partial charge in [-0.15, -0.1) is 0 Å². The van der Waals surface area contributed by atoms with Crippen molar-refractivity contribution in [3.8, 4) is 0 Å². The number of hydrogen-bond donors (Lipinski definition) is 4. The maximum atomic E-state index is 12.3. The number of rotatable bonds is 5. The van der Waals surface area contributed by atoms with Crippen molar-refractivity contribution in [3.63, 3.8) is 0 Å². The highest BCUT2D eigenvalue weighted by Crippen LogP contribution is 2.28. The summed E-state index contributed by atoms with van der Waals surface area (Å²) in [6.45, 7) is 1.28. The number of carbonyl (C=O) groups excluding carboxylic acids is 2. The first-order valence-electron chi connectivity index (χ1n) is 8.92. The highest BCUT2D eigenvalue weighted by molar-refractivity contribution is 5.98. The summed E-state index contributed by atoms with van der Waals surface area (Å²) >= 11 is 0. The molecule has 1 aromatic rings. The molecule has 0 spiro atoms. The Morgan fingerprint density at radius 2 is 1.72 bits per heavy atom. The van der Waals surface area contributed by atoms with Gasteiger partial charge in [-0.05, 0) is 49.9 Å². The van der Waals surface area contributed by atoms with Crippen LogP contribution in [0.3, 0.4) is 0 Å². The number of hydrogen-bond acceptors (Lipinski definition) is 4. The first-order valence-corrected chi connectivity index (χ1v) is 8.92. The lowest BCUT2D eigenvalue weighted by Gasteiger charge is -2.22. The number of benzene rings is 1. The zero-order chi connectivity index (χ0) is 17.7. The second kappa shape index (κ2) is 7.84. The SMILES string of the molecule is NC1(C(=O)Nc2ccc(NC(=O)NCC3CCCO3)cc2)CCCC1. The van der Waals surface area contributed by atoms with E-state index in [2.05, 4.69) is 16.0 Å². The Kier molecular flexibility index (Phi) is 5.55. The molecule has 1 atom stereocenters. The molecular weight excluding hydrogens is 320 g/mol. The molecule has 1 saturated heterocycles. The van der Waals surface area contributed by atoms with Crippen molar-refractivity contribution in [1.82, 2.24) is 5.32 Å².